The van der Waals surface area contributed by atoms with Gasteiger partial charge in [-0.25, -0.2) is 4.79 Å². The molecule has 0 radical (unpaired) electrons. The summed E-state index contributed by atoms with van der Waals surface area (Å²) in [6.07, 6.45) is -0.365. The van der Waals surface area contributed by atoms with Crippen molar-refractivity contribution >= 4 is 17.4 Å². The highest BCUT2D eigenvalue weighted by molar-refractivity contribution is 7.09. The molecule has 1 amide bonds. The lowest BCUT2D eigenvalue weighted by molar-refractivity contribution is 0.132. The number of hydrogen-bond acceptors (Lipinski definition) is 3. The molecule has 3 nitrogen and oxygen atoms in total. The van der Waals surface area contributed by atoms with Gasteiger partial charge in [0.2, 0.25) is 0 Å². The molecule has 0 aliphatic carbocycles. The zero-order valence-corrected chi connectivity index (χ0v) is 10.6. The number of carbonyl (C=O) groups is 1. The smallest absolute Gasteiger partial charge is 0.410 e. The molecule has 18 heavy (non-hydrogen) atoms. The van der Waals surface area contributed by atoms with Crippen LogP contribution in [0.15, 0.2) is 47.8 Å². The number of thiophene rings is 1. The fourth-order valence-corrected chi connectivity index (χ4v) is 2.79. The normalized spacial score (nSPS) is 19.0. The Morgan fingerprint density at radius 2 is 2.06 bits per heavy atom. The maximum atomic E-state index is 11.8. The summed E-state index contributed by atoms with van der Waals surface area (Å²) in [6.45, 7) is 1.26. The minimum absolute atomic E-state index is 0.140. The fraction of sp³-hybridized carbons (Fsp3) is 0.214. The van der Waals surface area contributed by atoms with Gasteiger partial charge >= 0.3 is 6.09 Å². The summed E-state index contributed by atoms with van der Waals surface area (Å²) < 4.78 is 5.40. The highest BCUT2D eigenvalue weighted by atomic mass is 32.1. The van der Waals surface area contributed by atoms with Gasteiger partial charge < -0.3 is 4.74 Å². The summed E-state index contributed by atoms with van der Waals surface area (Å²) >= 11 is 1.66. The van der Waals surface area contributed by atoms with Crippen LogP contribution in [0.3, 0.4) is 0 Å². The molecule has 1 unspecified atom stereocenters. The van der Waals surface area contributed by atoms with Crippen molar-refractivity contribution in [1.29, 1.82) is 0 Å². The highest BCUT2D eigenvalue weighted by Gasteiger charge is 2.32. The van der Waals surface area contributed by atoms with Gasteiger partial charge in [-0.05, 0) is 17.0 Å². The average molecular weight is 259 g/mol. The standard InChI is InChI=1S/C14H13NO2S/c16-14-15(9-12-7-4-8-18-12)10-13(17-14)11-5-2-1-3-6-11/h1-8,13H,9-10H2. The Morgan fingerprint density at radius 3 is 2.78 bits per heavy atom. The molecule has 4 heteroatoms. The van der Waals surface area contributed by atoms with E-state index < -0.39 is 0 Å². The van der Waals surface area contributed by atoms with Gasteiger partial charge in [-0.3, -0.25) is 4.90 Å². The number of amides is 1. The molecular formula is C14H13NO2S. The molecule has 92 valence electrons. The van der Waals surface area contributed by atoms with E-state index in [1.54, 1.807) is 16.2 Å². The second-order valence-electron chi connectivity index (χ2n) is 4.24. The Labute approximate surface area is 110 Å². The van der Waals surface area contributed by atoms with Crippen LogP contribution in [0, 0.1) is 0 Å². The van der Waals surface area contributed by atoms with Gasteiger partial charge in [-0.2, -0.15) is 0 Å². The van der Waals surface area contributed by atoms with Gasteiger partial charge in [-0.15, -0.1) is 11.3 Å². The van der Waals surface area contributed by atoms with Crippen molar-refractivity contribution in [2.24, 2.45) is 0 Å². The number of benzene rings is 1. The first kappa shape index (κ1) is 11.3. The Balaban J connectivity index is 1.71. The van der Waals surface area contributed by atoms with E-state index in [4.69, 9.17) is 4.74 Å². The Hall–Kier alpha value is -1.81. The Bertz CT molecular complexity index is 524. The highest BCUT2D eigenvalue weighted by Crippen LogP contribution is 2.27. The van der Waals surface area contributed by atoms with Crippen LogP contribution in [0.4, 0.5) is 4.79 Å². The predicted octanol–water partition coefficient (Wildman–Crippen LogP) is 3.44. The molecule has 2 heterocycles. The first-order valence-corrected chi connectivity index (χ1v) is 6.74. The summed E-state index contributed by atoms with van der Waals surface area (Å²) in [5.41, 5.74) is 1.06. The summed E-state index contributed by atoms with van der Waals surface area (Å²) in [5, 5.41) is 2.02. The lowest BCUT2D eigenvalue weighted by Crippen LogP contribution is -2.23. The molecule has 1 aromatic carbocycles. The summed E-state index contributed by atoms with van der Waals surface area (Å²) in [7, 11) is 0. The van der Waals surface area contributed by atoms with Crippen LogP contribution in [-0.4, -0.2) is 17.5 Å². The van der Waals surface area contributed by atoms with Crippen molar-refractivity contribution in [3.05, 3.63) is 58.3 Å². The van der Waals surface area contributed by atoms with Crippen LogP contribution in [0.25, 0.3) is 0 Å². The third-order valence-corrected chi connectivity index (χ3v) is 3.85. The van der Waals surface area contributed by atoms with Gasteiger partial charge in [0.05, 0.1) is 13.1 Å². The SMILES string of the molecule is O=C1OC(c2ccccc2)CN1Cc1cccs1. The van der Waals surface area contributed by atoms with E-state index >= 15 is 0 Å². The Kier molecular flexibility index (Phi) is 3.02. The van der Waals surface area contributed by atoms with Crippen molar-refractivity contribution in [3.63, 3.8) is 0 Å². The minimum atomic E-state index is -0.225. The van der Waals surface area contributed by atoms with Crippen molar-refractivity contribution < 1.29 is 9.53 Å². The van der Waals surface area contributed by atoms with Gasteiger partial charge in [0, 0.05) is 4.88 Å². The number of carbonyl (C=O) groups excluding carboxylic acids is 1. The lowest BCUT2D eigenvalue weighted by atomic mass is 10.1. The monoisotopic (exact) mass is 259 g/mol. The quantitative estimate of drug-likeness (QED) is 0.845. The summed E-state index contributed by atoms with van der Waals surface area (Å²) in [4.78, 5) is 14.7. The molecule has 0 spiro atoms. The van der Waals surface area contributed by atoms with Crippen LogP contribution in [0.2, 0.25) is 0 Å². The zero-order valence-electron chi connectivity index (χ0n) is 9.78. The molecule has 3 rings (SSSR count). The van der Waals surface area contributed by atoms with Crippen molar-refractivity contribution in [2.45, 2.75) is 12.6 Å². The molecular weight excluding hydrogens is 246 g/mol. The number of cyclic esters (lactones) is 1. The molecule has 1 aliphatic heterocycles. The topological polar surface area (TPSA) is 29.5 Å². The zero-order chi connectivity index (χ0) is 12.4. The van der Waals surface area contributed by atoms with Crippen LogP contribution >= 0.6 is 11.3 Å². The molecule has 0 bridgehead atoms. The molecule has 1 saturated heterocycles. The van der Waals surface area contributed by atoms with Gasteiger partial charge in [-0.1, -0.05) is 36.4 Å². The molecule has 1 fully saturated rings. The fourth-order valence-electron chi connectivity index (χ4n) is 2.07. The molecule has 1 aromatic heterocycles. The average Bonchev–Trinajstić information content (AvgIpc) is 3.02. The van der Waals surface area contributed by atoms with Gasteiger partial charge in [0.25, 0.3) is 0 Å². The van der Waals surface area contributed by atoms with E-state index in [1.807, 2.05) is 47.8 Å². The number of hydrogen-bond donors (Lipinski definition) is 0. The number of nitrogens with zero attached hydrogens (tertiary/aromatic N) is 1. The van der Waals surface area contributed by atoms with Crippen LogP contribution < -0.4 is 0 Å². The Morgan fingerprint density at radius 1 is 1.22 bits per heavy atom. The van der Waals surface area contributed by atoms with E-state index in [2.05, 4.69) is 0 Å². The second kappa shape index (κ2) is 4.82. The van der Waals surface area contributed by atoms with Crippen molar-refractivity contribution in [3.8, 4) is 0 Å². The molecule has 0 saturated carbocycles. The van der Waals surface area contributed by atoms with Crippen molar-refractivity contribution in [1.82, 2.24) is 4.90 Å². The van der Waals surface area contributed by atoms with Gasteiger partial charge in [0.1, 0.15) is 6.10 Å². The molecule has 2 aromatic rings. The number of rotatable bonds is 3. The maximum Gasteiger partial charge on any atom is 0.410 e. The van der Waals surface area contributed by atoms with Gasteiger partial charge in [0.15, 0.2) is 0 Å². The molecule has 1 atom stereocenters. The van der Waals surface area contributed by atoms with E-state index in [0.717, 1.165) is 5.56 Å². The summed E-state index contributed by atoms with van der Waals surface area (Å²) in [5.74, 6) is 0. The second-order valence-corrected chi connectivity index (χ2v) is 5.28. The first-order chi connectivity index (χ1) is 8.83. The van der Waals surface area contributed by atoms with Crippen LogP contribution in [0.5, 0.6) is 0 Å². The largest absolute Gasteiger partial charge is 0.439 e. The van der Waals surface area contributed by atoms with E-state index in [9.17, 15) is 4.79 Å². The maximum absolute atomic E-state index is 11.8. The predicted molar refractivity (Wildman–Crippen MR) is 70.4 cm³/mol. The van der Waals surface area contributed by atoms with E-state index in [0.29, 0.717) is 13.1 Å². The molecule has 1 aliphatic rings. The first-order valence-electron chi connectivity index (χ1n) is 5.86. The third kappa shape index (κ3) is 2.24. The lowest BCUT2D eigenvalue weighted by Gasteiger charge is -2.11. The number of ether oxygens (including phenoxy) is 1. The van der Waals surface area contributed by atoms with E-state index in [1.165, 1.54) is 4.88 Å². The summed E-state index contributed by atoms with van der Waals surface area (Å²) in [6, 6.07) is 13.9. The van der Waals surface area contributed by atoms with Crippen LogP contribution in [0.1, 0.15) is 16.5 Å². The minimum Gasteiger partial charge on any atom is -0.439 e. The molecule has 0 N–H and O–H groups in total. The van der Waals surface area contributed by atoms with Crippen molar-refractivity contribution in [2.75, 3.05) is 6.54 Å². The van der Waals surface area contributed by atoms with Crippen LogP contribution in [-0.2, 0) is 11.3 Å². The van der Waals surface area contributed by atoms with E-state index in [-0.39, 0.29) is 12.2 Å². The third-order valence-electron chi connectivity index (χ3n) is 2.99.